The largest absolute Gasteiger partial charge is 0.454 e. The number of fused-ring (bicyclic) bond motifs is 3. The Morgan fingerprint density at radius 3 is 2.72 bits per heavy atom. The summed E-state index contributed by atoms with van der Waals surface area (Å²) in [6.07, 6.45) is 5.79. The van der Waals surface area contributed by atoms with Gasteiger partial charge in [0.1, 0.15) is 0 Å². The minimum atomic E-state index is -0.487. The van der Waals surface area contributed by atoms with Crippen LogP contribution in [0.2, 0.25) is 0 Å². The van der Waals surface area contributed by atoms with Gasteiger partial charge in [0.2, 0.25) is 12.6 Å². The molecule has 0 amide bonds. The lowest BCUT2D eigenvalue weighted by molar-refractivity contribution is 0.0475. The van der Waals surface area contributed by atoms with Crippen molar-refractivity contribution in [2.75, 3.05) is 13.4 Å². The third kappa shape index (κ3) is 4.09. The van der Waals surface area contributed by atoms with Crippen LogP contribution in [0.1, 0.15) is 74.2 Å². The number of nitrogens with zero attached hydrogens (tertiary/aromatic N) is 2. The highest BCUT2D eigenvalue weighted by atomic mass is 16.7. The molecule has 1 fully saturated rings. The van der Waals surface area contributed by atoms with Crippen molar-refractivity contribution < 1.29 is 23.8 Å². The lowest BCUT2D eigenvalue weighted by Gasteiger charge is -2.12. The van der Waals surface area contributed by atoms with E-state index in [1.807, 2.05) is 62.4 Å². The summed E-state index contributed by atoms with van der Waals surface area (Å²) in [7, 11) is 0. The SMILES string of the molecule is Cc1cc(C(=O)COC(=O)c2c3c(nc4ccccc24)/C(=C\c2ccc4c(c2)OCO4)CC3)c(C)n1C1CC1. The zero-order chi connectivity index (χ0) is 26.7. The van der Waals surface area contributed by atoms with E-state index in [0.29, 0.717) is 23.6 Å². The summed E-state index contributed by atoms with van der Waals surface area (Å²) in [4.78, 5) is 31.6. The number of carbonyl (C=O) groups is 2. The molecule has 0 spiro atoms. The van der Waals surface area contributed by atoms with Crippen molar-refractivity contribution in [3.8, 4) is 11.5 Å². The number of benzene rings is 2. The van der Waals surface area contributed by atoms with Crippen molar-refractivity contribution in [1.29, 1.82) is 0 Å². The van der Waals surface area contributed by atoms with Crippen LogP contribution in [0.4, 0.5) is 0 Å². The van der Waals surface area contributed by atoms with Gasteiger partial charge in [0.05, 0.1) is 16.8 Å². The fourth-order valence-corrected chi connectivity index (χ4v) is 5.95. The first-order valence-electron chi connectivity index (χ1n) is 13.4. The molecule has 0 bridgehead atoms. The van der Waals surface area contributed by atoms with Crippen molar-refractivity contribution in [1.82, 2.24) is 9.55 Å². The zero-order valence-corrected chi connectivity index (χ0v) is 22.0. The molecule has 7 rings (SSSR count). The first-order chi connectivity index (χ1) is 19.0. The summed E-state index contributed by atoms with van der Waals surface area (Å²) < 4.78 is 18.9. The molecule has 39 heavy (non-hydrogen) atoms. The Kier molecular flexibility index (Phi) is 5.54. The maximum atomic E-state index is 13.6. The average Bonchev–Trinajstić information content (AvgIpc) is 3.39. The molecule has 1 aliphatic heterocycles. The number of aromatic nitrogens is 2. The Balaban J connectivity index is 1.20. The van der Waals surface area contributed by atoms with Crippen molar-refractivity contribution >= 4 is 34.3 Å². The predicted molar refractivity (Wildman–Crippen MR) is 147 cm³/mol. The van der Waals surface area contributed by atoms with Gasteiger partial charge in [0, 0.05) is 28.4 Å². The molecule has 3 heterocycles. The average molecular weight is 521 g/mol. The lowest BCUT2D eigenvalue weighted by Crippen LogP contribution is -2.17. The van der Waals surface area contributed by atoms with Crippen LogP contribution in [0.5, 0.6) is 11.5 Å². The third-order valence-electron chi connectivity index (χ3n) is 7.91. The van der Waals surface area contributed by atoms with E-state index >= 15 is 0 Å². The number of carbonyl (C=O) groups excluding carboxylic acids is 2. The van der Waals surface area contributed by atoms with Crippen LogP contribution in [0.25, 0.3) is 22.6 Å². The maximum Gasteiger partial charge on any atom is 0.339 e. The molecule has 2 aromatic carbocycles. The van der Waals surface area contributed by atoms with Crippen LogP contribution in [0.3, 0.4) is 0 Å². The third-order valence-corrected chi connectivity index (χ3v) is 7.91. The lowest BCUT2D eigenvalue weighted by atomic mass is 10.0. The van der Waals surface area contributed by atoms with Gasteiger partial charge in [0.25, 0.3) is 0 Å². The summed E-state index contributed by atoms with van der Waals surface area (Å²) in [6.45, 7) is 3.93. The van der Waals surface area contributed by atoms with E-state index in [9.17, 15) is 9.59 Å². The van der Waals surface area contributed by atoms with Crippen LogP contribution in [-0.4, -0.2) is 34.7 Å². The van der Waals surface area contributed by atoms with Gasteiger partial charge in [-0.3, -0.25) is 4.79 Å². The number of para-hydroxylation sites is 1. The molecular weight excluding hydrogens is 492 g/mol. The quantitative estimate of drug-likeness (QED) is 0.221. The van der Waals surface area contributed by atoms with Crippen LogP contribution < -0.4 is 9.47 Å². The maximum absolute atomic E-state index is 13.6. The second-order valence-corrected chi connectivity index (χ2v) is 10.5. The molecule has 2 aliphatic carbocycles. The molecule has 196 valence electrons. The Morgan fingerprint density at radius 2 is 1.87 bits per heavy atom. The number of allylic oxidation sites excluding steroid dienone is 1. The monoisotopic (exact) mass is 520 g/mol. The van der Waals surface area contributed by atoms with Crippen LogP contribution in [-0.2, 0) is 11.2 Å². The summed E-state index contributed by atoms with van der Waals surface area (Å²) in [5.74, 6) is 0.795. The second-order valence-electron chi connectivity index (χ2n) is 10.5. The number of hydrogen-bond acceptors (Lipinski definition) is 6. The van der Waals surface area contributed by atoms with Gasteiger partial charge in [-0.2, -0.15) is 0 Å². The number of rotatable bonds is 6. The Hall–Kier alpha value is -4.39. The number of ketones is 1. The summed E-state index contributed by atoms with van der Waals surface area (Å²) in [6, 6.07) is 15.8. The van der Waals surface area contributed by atoms with E-state index in [-0.39, 0.29) is 19.2 Å². The minimum absolute atomic E-state index is 0.179. The van der Waals surface area contributed by atoms with Crippen molar-refractivity contribution in [3.05, 3.63) is 87.9 Å². The molecule has 4 aromatic rings. The number of Topliss-reactive ketones (excluding diaryl/α,β-unsaturated/α-hetero) is 1. The highest BCUT2D eigenvalue weighted by molar-refractivity contribution is 6.08. The molecule has 0 N–H and O–H groups in total. The standard InChI is InChI=1S/C32H28N2O5/c1-18-13-25(19(2)34(18)22-9-10-22)27(35)16-37-32(36)30-23-5-3-4-6-26(23)33-31-21(8-11-24(30)31)14-20-7-12-28-29(15-20)39-17-38-28/h3-7,12-15,22H,8-11,16-17H2,1-2H3/b21-14-. The van der Waals surface area contributed by atoms with Gasteiger partial charge in [0.15, 0.2) is 18.1 Å². The first kappa shape index (κ1) is 23.7. The van der Waals surface area contributed by atoms with Crippen LogP contribution in [0.15, 0.2) is 48.5 Å². The van der Waals surface area contributed by atoms with E-state index in [1.54, 1.807) is 0 Å². The molecule has 3 aliphatic rings. The number of hydrogen-bond donors (Lipinski definition) is 0. The highest BCUT2D eigenvalue weighted by Gasteiger charge is 2.30. The molecule has 0 saturated heterocycles. The molecule has 0 unspecified atom stereocenters. The molecular formula is C32H28N2O5. The van der Waals surface area contributed by atoms with Gasteiger partial charge in [-0.1, -0.05) is 24.3 Å². The number of esters is 1. The van der Waals surface area contributed by atoms with Crippen LogP contribution >= 0.6 is 0 Å². The Morgan fingerprint density at radius 1 is 1.05 bits per heavy atom. The van der Waals surface area contributed by atoms with E-state index in [2.05, 4.69) is 10.6 Å². The Labute approximate surface area is 226 Å². The molecule has 7 nitrogen and oxygen atoms in total. The molecule has 7 heteroatoms. The van der Waals surface area contributed by atoms with Crippen LogP contribution in [0, 0.1) is 13.8 Å². The van der Waals surface area contributed by atoms with Crippen molar-refractivity contribution in [3.63, 3.8) is 0 Å². The topological polar surface area (TPSA) is 79.7 Å². The van der Waals surface area contributed by atoms with E-state index in [4.69, 9.17) is 19.2 Å². The molecule has 0 atom stereocenters. The fraction of sp³-hybridized carbons (Fsp3) is 0.281. The van der Waals surface area contributed by atoms with Gasteiger partial charge in [-0.25, -0.2) is 9.78 Å². The smallest absolute Gasteiger partial charge is 0.339 e. The normalized spacial score (nSPS) is 16.6. The van der Waals surface area contributed by atoms with Crippen molar-refractivity contribution in [2.45, 2.75) is 45.6 Å². The molecule has 1 saturated carbocycles. The number of ether oxygens (including phenoxy) is 3. The summed E-state index contributed by atoms with van der Waals surface area (Å²) in [5.41, 5.74) is 7.58. The van der Waals surface area contributed by atoms with Gasteiger partial charge >= 0.3 is 5.97 Å². The zero-order valence-electron chi connectivity index (χ0n) is 22.0. The minimum Gasteiger partial charge on any atom is -0.454 e. The second kappa shape index (κ2) is 9.12. The van der Waals surface area contributed by atoms with E-state index in [1.165, 1.54) is 0 Å². The van der Waals surface area contributed by atoms with Gasteiger partial charge < -0.3 is 18.8 Å². The fourth-order valence-electron chi connectivity index (χ4n) is 5.95. The Bertz CT molecular complexity index is 1710. The molecule has 0 radical (unpaired) electrons. The van der Waals surface area contributed by atoms with E-state index < -0.39 is 5.97 Å². The van der Waals surface area contributed by atoms with Gasteiger partial charge in [-0.05, 0) is 86.6 Å². The molecule has 2 aromatic heterocycles. The van der Waals surface area contributed by atoms with Gasteiger partial charge in [-0.15, -0.1) is 0 Å². The number of aryl methyl sites for hydroxylation is 1. The predicted octanol–water partition coefficient (Wildman–Crippen LogP) is 6.24. The van der Waals surface area contributed by atoms with Crippen molar-refractivity contribution in [2.24, 2.45) is 0 Å². The first-order valence-corrected chi connectivity index (χ1v) is 13.4. The highest BCUT2D eigenvalue weighted by Crippen LogP contribution is 2.40. The summed E-state index contributed by atoms with van der Waals surface area (Å²) >= 11 is 0. The summed E-state index contributed by atoms with van der Waals surface area (Å²) in [5, 5.41) is 0.741. The number of pyridine rings is 1. The van der Waals surface area contributed by atoms with E-state index in [0.717, 1.165) is 75.4 Å².